The van der Waals surface area contributed by atoms with Crippen molar-refractivity contribution in [3.05, 3.63) is 54.1 Å². The van der Waals surface area contributed by atoms with E-state index in [2.05, 4.69) is 17.6 Å². The van der Waals surface area contributed by atoms with Crippen molar-refractivity contribution in [1.29, 1.82) is 5.26 Å². The highest BCUT2D eigenvalue weighted by Crippen LogP contribution is 2.25. The van der Waals surface area contributed by atoms with Crippen LogP contribution in [0.15, 0.2) is 43.0 Å². The number of nitriles is 1. The predicted molar refractivity (Wildman–Crippen MR) is 73.5 cm³/mol. The molecule has 2 rings (SSSR count). The molecule has 18 heavy (non-hydrogen) atoms. The van der Waals surface area contributed by atoms with Gasteiger partial charge in [0.2, 0.25) is 0 Å². The van der Waals surface area contributed by atoms with Crippen molar-refractivity contribution in [3.8, 4) is 17.3 Å². The van der Waals surface area contributed by atoms with Crippen LogP contribution in [0.2, 0.25) is 0 Å². The van der Waals surface area contributed by atoms with Gasteiger partial charge < -0.3 is 5.73 Å². The van der Waals surface area contributed by atoms with Gasteiger partial charge in [-0.05, 0) is 30.7 Å². The number of nitrogens with two attached hydrogens (primary N) is 1. The highest BCUT2D eigenvalue weighted by molar-refractivity contribution is 5.75. The van der Waals surface area contributed by atoms with Crippen molar-refractivity contribution >= 4 is 11.4 Å². The van der Waals surface area contributed by atoms with Gasteiger partial charge in [0.05, 0.1) is 17.3 Å². The Balaban J connectivity index is 2.57. The van der Waals surface area contributed by atoms with Gasteiger partial charge >= 0.3 is 0 Å². The average Bonchev–Trinajstić information content (AvgIpc) is 2.38. The number of anilines is 1. The molecule has 3 heteroatoms. The van der Waals surface area contributed by atoms with Crippen molar-refractivity contribution in [2.75, 3.05) is 5.73 Å². The minimum atomic E-state index is 0.438. The molecule has 1 heterocycles. The van der Waals surface area contributed by atoms with Gasteiger partial charge in [-0.15, -0.1) is 0 Å². The van der Waals surface area contributed by atoms with Crippen LogP contribution in [0.4, 0.5) is 5.82 Å². The molecule has 0 saturated carbocycles. The first-order valence-corrected chi connectivity index (χ1v) is 5.55. The summed E-state index contributed by atoms with van der Waals surface area (Å²) >= 11 is 0. The molecular formula is C15H13N3. The Hall–Kier alpha value is -2.60. The molecule has 0 spiro atoms. The first-order valence-electron chi connectivity index (χ1n) is 5.55. The lowest BCUT2D eigenvalue weighted by atomic mass is 10.0. The monoisotopic (exact) mass is 235 g/mol. The minimum Gasteiger partial charge on any atom is -0.383 e. The fourth-order valence-corrected chi connectivity index (χ4v) is 1.79. The zero-order valence-electron chi connectivity index (χ0n) is 10.1. The van der Waals surface area contributed by atoms with Gasteiger partial charge in [-0.1, -0.05) is 24.8 Å². The van der Waals surface area contributed by atoms with Crippen molar-refractivity contribution in [1.82, 2.24) is 4.98 Å². The second kappa shape index (κ2) is 4.72. The van der Waals surface area contributed by atoms with Crippen LogP contribution >= 0.6 is 0 Å². The normalized spacial score (nSPS) is 9.78. The van der Waals surface area contributed by atoms with E-state index in [0.29, 0.717) is 17.1 Å². The van der Waals surface area contributed by atoms with Gasteiger partial charge in [-0.25, -0.2) is 4.98 Å². The Morgan fingerprint density at radius 3 is 2.61 bits per heavy atom. The van der Waals surface area contributed by atoms with Gasteiger partial charge in [-0.3, -0.25) is 0 Å². The molecular weight excluding hydrogens is 222 g/mol. The number of rotatable bonds is 2. The fraction of sp³-hybridized carbons (Fsp3) is 0.0667. The molecule has 2 aromatic rings. The highest BCUT2D eigenvalue weighted by Gasteiger charge is 2.08. The molecule has 0 saturated heterocycles. The van der Waals surface area contributed by atoms with Crippen molar-refractivity contribution in [2.24, 2.45) is 0 Å². The van der Waals surface area contributed by atoms with Crippen molar-refractivity contribution in [2.45, 2.75) is 6.92 Å². The van der Waals surface area contributed by atoms with E-state index in [4.69, 9.17) is 11.0 Å². The van der Waals surface area contributed by atoms with Crippen LogP contribution in [0.3, 0.4) is 0 Å². The summed E-state index contributed by atoms with van der Waals surface area (Å²) in [6.07, 6.45) is 0. The van der Waals surface area contributed by atoms with Gasteiger partial charge in [0.1, 0.15) is 5.82 Å². The Morgan fingerprint density at radius 2 is 2.00 bits per heavy atom. The minimum absolute atomic E-state index is 0.438. The molecule has 3 nitrogen and oxygen atoms in total. The quantitative estimate of drug-likeness (QED) is 0.869. The predicted octanol–water partition coefficient (Wildman–Crippen LogP) is 3.24. The molecule has 0 fully saturated rings. The second-order valence-corrected chi connectivity index (χ2v) is 4.07. The van der Waals surface area contributed by atoms with Crippen LogP contribution < -0.4 is 5.73 Å². The Morgan fingerprint density at radius 1 is 1.28 bits per heavy atom. The fourth-order valence-electron chi connectivity index (χ4n) is 1.79. The standard InChI is InChI=1S/C15H13N3/c1-10(2)12-7-8-14(18-15(12)17)13-6-4-3-5-11(13)9-16/h3-8H,1H2,2H3,(H2,17,18). The first-order chi connectivity index (χ1) is 8.63. The van der Waals surface area contributed by atoms with E-state index in [1.54, 1.807) is 6.07 Å². The number of hydrogen-bond acceptors (Lipinski definition) is 3. The van der Waals surface area contributed by atoms with Crippen LogP contribution in [-0.2, 0) is 0 Å². The second-order valence-electron chi connectivity index (χ2n) is 4.07. The van der Waals surface area contributed by atoms with Crippen LogP contribution in [0.25, 0.3) is 16.8 Å². The molecule has 1 aromatic heterocycles. The first kappa shape index (κ1) is 11.9. The molecule has 0 unspecified atom stereocenters. The molecule has 0 aliphatic rings. The average molecular weight is 235 g/mol. The van der Waals surface area contributed by atoms with Crippen LogP contribution in [0, 0.1) is 11.3 Å². The van der Waals surface area contributed by atoms with Crippen LogP contribution in [0.1, 0.15) is 18.1 Å². The molecule has 2 N–H and O–H groups in total. The number of nitrogens with zero attached hydrogens (tertiary/aromatic N) is 2. The number of benzene rings is 1. The maximum Gasteiger partial charge on any atom is 0.131 e. The third kappa shape index (κ3) is 2.09. The third-order valence-corrected chi connectivity index (χ3v) is 2.71. The summed E-state index contributed by atoms with van der Waals surface area (Å²) < 4.78 is 0. The van der Waals surface area contributed by atoms with Gasteiger partial charge in [-0.2, -0.15) is 5.26 Å². The molecule has 1 aromatic carbocycles. The van der Waals surface area contributed by atoms with Crippen LogP contribution in [-0.4, -0.2) is 4.98 Å². The number of aromatic nitrogens is 1. The largest absolute Gasteiger partial charge is 0.383 e. The lowest BCUT2D eigenvalue weighted by molar-refractivity contribution is 1.31. The summed E-state index contributed by atoms with van der Waals surface area (Å²) in [5.41, 5.74) is 9.70. The van der Waals surface area contributed by atoms with E-state index in [0.717, 1.165) is 16.7 Å². The molecule has 0 aliphatic carbocycles. The molecule has 0 aliphatic heterocycles. The Kier molecular flexibility index (Phi) is 3.11. The van der Waals surface area contributed by atoms with E-state index >= 15 is 0 Å². The topological polar surface area (TPSA) is 62.7 Å². The van der Waals surface area contributed by atoms with E-state index in [1.165, 1.54) is 0 Å². The summed E-state index contributed by atoms with van der Waals surface area (Å²) in [5.74, 6) is 0.438. The number of hydrogen-bond donors (Lipinski definition) is 1. The summed E-state index contributed by atoms with van der Waals surface area (Å²) in [4.78, 5) is 4.34. The zero-order chi connectivity index (χ0) is 13.1. The van der Waals surface area contributed by atoms with Crippen molar-refractivity contribution < 1.29 is 0 Å². The Labute approximate surface area is 106 Å². The molecule has 0 bridgehead atoms. The van der Waals surface area contributed by atoms with Gasteiger partial charge in [0.15, 0.2) is 0 Å². The summed E-state index contributed by atoms with van der Waals surface area (Å²) in [5, 5.41) is 9.07. The van der Waals surface area contributed by atoms with Gasteiger partial charge in [0, 0.05) is 11.1 Å². The summed E-state index contributed by atoms with van der Waals surface area (Å²) in [6.45, 7) is 5.74. The van der Waals surface area contributed by atoms with E-state index in [1.807, 2.05) is 37.3 Å². The highest BCUT2D eigenvalue weighted by atomic mass is 14.8. The SMILES string of the molecule is C=C(C)c1ccc(-c2ccccc2C#N)nc1N. The van der Waals surface area contributed by atoms with E-state index in [9.17, 15) is 0 Å². The maximum absolute atomic E-state index is 9.07. The lowest BCUT2D eigenvalue weighted by Gasteiger charge is -2.08. The third-order valence-electron chi connectivity index (χ3n) is 2.71. The maximum atomic E-state index is 9.07. The summed E-state index contributed by atoms with van der Waals surface area (Å²) in [7, 11) is 0. The zero-order valence-corrected chi connectivity index (χ0v) is 10.1. The summed E-state index contributed by atoms with van der Waals surface area (Å²) in [6, 6.07) is 13.2. The van der Waals surface area contributed by atoms with E-state index < -0.39 is 0 Å². The lowest BCUT2D eigenvalue weighted by Crippen LogP contribution is -1.98. The van der Waals surface area contributed by atoms with Crippen molar-refractivity contribution in [3.63, 3.8) is 0 Å². The van der Waals surface area contributed by atoms with Gasteiger partial charge in [0.25, 0.3) is 0 Å². The number of pyridine rings is 1. The Bertz CT molecular complexity index is 651. The van der Waals surface area contributed by atoms with Crippen LogP contribution in [0.5, 0.6) is 0 Å². The molecule has 0 radical (unpaired) electrons. The number of allylic oxidation sites excluding steroid dienone is 1. The molecule has 88 valence electrons. The van der Waals surface area contributed by atoms with E-state index in [-0.39, 0.29) is 0 Å². The number of nitrogen functional groups attached to an aromatic ring is 1. The molecule has 0 amide bonds. The smallest absolute Gasteiger partial charge is 0.131 e. The molecule has 0 atom stereocenters.